The summed E-state index contributed by atoms with van der Waals surface area (Å²) in [5.41, 5.74) is 0.0949. The molecule has 1 heterocycles. The molecule has 10 heteroatoms. The summed E-state index contributed by atoms with van der Waals surface area (Å²) in [6.07, 6.45) is -3.86. The maximum atomic E-state index is 12.3. The monoisotopic (exact) mass is 407 g/mol. The minimum Gasteiger partial charge on any atom is -0.440 e. The van der Waals surface area contributed by atoms with E-state index in [-0.39, 0.29) is 24.0 Å². The van der Waals surface area contributed by atoms with Gasteiger partial charge >= 0.3 is 6.36 Å². The summed E-state index contributed by atoms with van der Waals surface area (Å²) >= 11 is 0. The van der Waals surface area contributed by atoms with Crippen LogP contribution in [0.4, 0.5) is 13.2 Å². The van der Waals surface area contributed by atoms with Crippen molar-refractivity contribution in [3.63, 3.8) is 0 Å². The molecule has 1 aliphatic rings. The van der Waals surface area contributed by atoms with Crippen molar-refractivity contribution in [2.24, 2.45) is 5.16 Å². The van der Waals surface area contributed by atoms with Gasteiger partial charge in [0.05, 0.1) is 6.42 Å². The molecule has 152 valence electrons. The molecular weight excluding hydrogens is 391 g/mol. The zero-order valence-electron chi connectivity index (χ0n) is 15.1. The van der Waals surface area contributed by atoms with Crippen molar-refractivity contribution < 1.29 is 32.2 Å². The second kappa shape index (κ2) is 7.82. The fourth-order valence-corrected chi connectivity index (χ4v) is 2.69. The molecule has 2 aromatic carbocycles. The Labute approximate surface area is 163 Å². The summed E-state index contributed by atoms with van der Waals surface area (Å²) in [5, 5.41) is 18.5. The van der Waals surface area contributed by atoms with Gasteiger partial charge in [-0.25, -0.2) is 0 Å². The van der Waals surface area contributed by atoms with Crippen molar-refractivity contribution in [2.45, 2.75) is 25.3 Å². The lowest BCUT2D eigenvalue weighted by atomic mass is 9.93. The van der Waals surface area contributed by atoms with Crippen LogP contribution < -0.4 is 9.47 Å². The molecule has 1 atom stereocenters. The SMILES string of the molecule is C[C@]1(c2ccc(OC(F)(F)F)cc2)CC(Oc2cccc(C(=N)OC=N)c2)=NO1. The lowest BCUT2D eigenvalue weighted by Crippen LogP contribution is -2.23. The molecular formula is C19H16F3N3O4. The molecule has 0 aliphatic carbocycles. The van der Waals surface area contributed by atoms with Gasteiger partial charge in [0, 0.05) is 5.56 Å². The topological polar surface area (TPSA) is 97.0 Å². The number of alkyl halides is 3. The second-order valence-corrected chi connectivity index (χ2v) is 6.25. The zero-order valence-corrected chi connectivity index (χ0v) is 15.1. The molecule has 0 amide bonds. The fourth-order valence-electron chi connectivity index (χ4n) is 2.69. The summed E-state index contributed by atoms with van der Waals surface area (Å²) in [5.74, 6) is 0.119. The van der Waals surface area contributed by atoms with Crippen molar-refractivity contribution in [1.29, 1.82) is 10.8 Å². The summed E-state index contributed by atoms with van der Waals surface area (Å²) < 4.78 is 51.1. The van der Waals surface area contributed by atoms with Gasteiger partial charge in [-0.05, 0) is 42.8 Å². The predicted molar refractivity (Wildman–Crippen MR) is 97.4 cm³/mol. The number of halogens is 3. The van der Waals surface area contributed by atoms with Crippen LogP contribution in [0, 0.1) is 10.8 Å². The third kappa shape index (κ3) is 5.03. The number of oxime groups is 1. The number of hydrogen-bond donors (Lipinski definition) is 2. The number of hydrogen-bond acceptors (Lipinski definition) is 7. The van der Waals surface area contributed by atoms with Gasteiger partial charge in [0.15, 0.2) is 12.0 Å². The Kier molecular flexibility index (Phi) is 5.44. The van der Waals surface area contributed by atoms with Crippen molar-refractivity contribution in [3.05, 3.63) is 59.7 Å². The maximum Gasteiger partial charge on any atom is 0.573 e. The smallest absolute Gasteiger partial charge is 0.440 e. The molecule has 0 radical (unpaired) electrons. The molecule has 1 aliphatic heterocycles. The molecule has 3 rings (SSSR count). The lowest BCUT2D eigenvalue weighted by Gasteiger charge is -2.21. The van der Waals surface area contributed by atoms with Gasteiger partial charge in [0.25, 0.3) is 0 Å². The van der Waals surface area contributed by atoms with Crippen molar-refractivity contribution in [3.8, 4) is 11.5 Å². The highest BCUT2D eigenvalue weighted by molar-refractivity contribution is 5.95. The van der Waals surface area contributed by atoms with E-state index in [2.05, 4.69) is 9.89 Å². The van der Waals surface area contributed by atoms with Gasteiger partial charge in [0.1, 0.15) is 11.5 Å². The fraction of sp³-hybridized carbons (Fsp3) is 0.211. The molecule has 0 bridgehead atoms. The third-order valence-electron chi connectivity index (χ3n) is 4.04. The first-order valence-corrected chi connectivity index (χ1v) is 8.32. The van der Waals surface area contributed by atoms with Gasteiger partial charge in [-0.2, -0.15) is 0 Å². The highest BCUT2D eigenvalue weighted by Gasteiger charge is 2.38. The molecule has 0 saturated heterocycles. The molecule has 7 nitrogen and oxygen atoms in total. The van der Waals surface area contributed by atoms with Crippen LogP contribution in [0.3, 0.4) is 0 Å². The van der Waals surface area contributed by atoms with Crippen molar-refractivity contribution >= 4 is 18.2 Å². The highest BCUT2D eigenvalue weighted by Crippen LogP contribution is 2.36. The Hall–Kier alpha value is -3.56. The van der Waals surface area contributed by atoms with E-state index in [1.54, 1.807) is 31.2 Å². The first-order chi connectivity index (χ1) is 13.7. The molecule has 2 N–H and O–H groups in total. The standard InChI is InChI=1S/C19H16F3N3O4/c1-18(13-5-7-14(8-6-13)28-19(20,21)22)10-16(25-29-18)27-15-4-2-3-12(9-15)17(24)26-11-23/h2-9,11,23-24H,10H2,1H3/t18-/m1/s1. The Morgan fingerprint density at radius 1 is 1.17 bits per heavy atom. The molecule has 0 aromatic heterocycles. The molecule has 0 fully saturated rings. The van der Waals surface area contributed by atoms with Gasteiger partial charge in [-0.15, -0.1) is 13.2 Å². The minimum atomic E-state index is -4.76. The molecule has 0 spiro atoms. The number of rotatable bonds is 5. The predicted octanol–water partition coefficient (Wildman–Crippen LogP) is 4.56. The normalized spacial score (nSPS) is 18.4. The summed E-state index contributed by atoms with van der Waals surface area (Å²) in [6, 6.07) is 11.8. The highest BCUT2D eigenvalue weighted by atomic mass is 19.4. The lowest BCUT2D eigenvalue weighted by molar-refractivity contribution is -0.274. The van der Waals surface area contributed by atoms with Crippen molar-refractivity contribution in [1.82, 2.24) is 0 Å². The first-order valence-electron chi connectivity index (χ1n) is 8.32. The van der Waals surface area contributed by atoms with E-state index in [4.69, 9.17) is 25.1 Å². The summed E-state index contributed by atoms with van der Waals surface area (Å²) in [4.78, 5) is 5.47. The van der Waals surface area contributed by atoms with Crippen LogP contribution >= 0.6 is 0 Å². The van der Waals surface area contributed by atoms with Crippen LogP contribution in [0.2, 0.25) is 0 Å². The number of ether oxygens (including phenoxy) is 3. The van der Waals surface area contributed by atoms with E-state index in [0.717, 1.165) is 0 Å². The minimum absolute atomic E-state index is 0.207. The maximum absolute atomic E-state index is 12.3. The van der Waals surface area contributed by atoms with Gasteiger partial charge in [-0.1, -0.05) is 23.4 Å². The number of benzene rings is 2. The van der Waals surface area contributed by atoms with Crippen LogP contribution in [0.5, 0.6) is 11.5 Å². The Bertz CT molecular complexity index is 944. The number of nitrogens with one attached hydrogen (secondary N) is 2. The average Bonchev–Trinajstić information content (AvgIpc) is 3.03. The van der Waals surface area contributed by atoms with Crippen LogP contribution in [0.25, 0.3) is 0 Å². The Morgan fingerprint density at radius 2 is 1.90 bits per heavy atom. The summed E-state index contributed by atoms with van der Waals surface area (Å²) in [6.45, 7) is 1.73. The van der Waals surface area contributed by atoms with E-state index in [1.807, 2.05) is 0 Å². The summed E-state index contributed by atoms with van der Waals surface area (Å²) in [7, 11) is 0. The van der Waals surface area contributed by atoms with Crippen LogP contribution in [-0.2, 0) is 15.2 Å². The van der Waals surface area contributed by atoms with Crippen LogP contribution in [0.1, 0.15) is 24.5 Å². The number of nitrogens with zero attached hydrogens (tertiary/aromatic N) is 1. The first kappa shape index (κ1) is 20.2. The Balaban J connectivity index is 1.67. The van der Waals surface area contributed by atoms with E-state index in [0.29, 0.717) is 23.3 Å². The largest absolute Gasteiger partial charge is 0.573 e. The quantitative estimate of drug-likeness (QED) is 0.561. The van der Waals surface area contributed by atoms with Gasteiger partial charge in [-0.3, -0.25) is 10.8 Å². The molecule has 0 saturated carbocycles. The van der Waals surface area contributed by atoms with Crippen molar-refractivity contribution in [2.75, 3.05) is 0 Å². The molecule has 2 aromatic rings. The van der Waals surface area contributed by atoms with Gasteiger partial charge in [0.2, 0.25) is 11.8 Å². The third-order valence-corrected chi connectivity index (χ3v) is 4.04. The molecule has 0 unspecified atom stereocenters. The zero-order chi connectivity index (χ0) is 21.1. The van der Waals surface area contributed by atoms with Gasteiger partial charge < -0.3 is 19.0 Å². The van der Waals surface area contributed by atoms with E-state index in [1.165, 1.54) is 24.3 Å². The van der Waals surface area contributed by atoms with Crippen LogP contribution in [-0.4, -0.2) is 24.6 Å². The van der Waals surface area contributed by atoms with E-state index in [9.17, 15) is 13.2 Å². The van der Waals surface area contributed by atoms with Crippen LogP contribution in [0.15, 0.2) is 53.7 Å². The van der Waals surface area contributed by atoms with E-state index < -0.39 is 12.0 Å². The molecule has 29 heavy (non-hydrogen) atoms. The second-order valence-electron chi connectivity index (χ2n) is 6.25. The Morgan fingerprint density at radius 3 is 2.55 bits per heavy atom. The average molecular weight is 407 g/mol. The van der Waals surface area contributed by atoms with E-state index >= 15 is 0 Å².